The molecule has 3 aromatic rings. The number of sulfonamides is 1. The fourth-order valence-electron chi connectivity index (χ4n) is 3.58. The van der Waals surface area contributed by atoms with Crippen LogP contribution in [-0.4, -0.2) is 52.7 Å². The minimum Gasteiger partial charge on any atom is -0.411 e. The molecular formula is C22H25N5O4S2. The van der Waals surface area contributed by atoms with Crippen molar-refractivity contribution < 1.29 is 17.6 Å². The van der Waals surface area contributed by atoms with Crippen LogP contribution in [0.1, 0.15) is 31.2 Å². The minimum atomic E-state index is -3.61. The van der Waals surface area contributed by atoms with Crippen LogP contribution in [0.15, 0.2) is 57.3 Å². The molecule has 4 rings (SSSR count). The minimum absolute atomic E-state index is 0.0417. The zero-order chi connectivity index (χ0) is 23.3. The second kappa shape index (κ2) is 10.4. The standard InChI is InChI=1S/C22H25N5O4S2/c1-16-6-7-18(14-19(16)33(29,30)27-12-4-2-3-5-13-27)24-20(28)15-32-22-26-25-21(31-22)17-8-10-23-11-9-17/h6-11,14H,2-5,12-13,15H2,1H3,(H,24,28). The van der Waals surface area contributed by atoms with Crippen molar-refractivity contribution in [3.05, 3.63) is 48.3 Å². The first kappa shape index (κ1) is 23.4. The third-order valence-electron chi connectivity index (χ3n) is 5.32. The number of carbonyl (C=O) groups is 1. The number of anilines is 1. The molecule has 1 aliphatic heterocycles. The fourth-order valence-corrected chi connectivity index (χ4v) is 5.91. The van der Waals surface area contributed by atoms with Crippen LogP contribution in [0.3, 0.4) is 0 Å². The van der Waals surface area contributed by atoms with Crippen molar-refractivity contribution in [1.29, 1.82) is 0 Å². The molecule has 1 fully saturated rings. The lowest BCUT2D eigenvalue weighted by Crippen LogP contribution is -2.32. The number of aromatic nitrogens is 3. The van der Waals surface area contributed by atoms with Gasteiger partial charge >= 0.3 is 0 Å². The van der Waals surface area contributed by atoms with Gasteiger partial charge in [-0.15, -0.1) is 10.2 Å². The van der Waals surface area contributed by atoms with Crippen molar-refractivity contribution in [2.75, 3.05) is 24.2 Å². The van der Waals surface area contributed by atoms with E-state index in [4.69, 9.17) is 4.42 Å². The lowest BCUT2D eigenvalue weighted by Gasteiger charge is -2.21. The maximum Gasteiger partial charge on any atom is 0.277 e. The van der Waals surface area contributed by atoms with Gasteiger partial charge in [0.1, 0.15) is 0 Å². The molecule has 1 saturated heterocycles. The Bertz CT molecular complexity index is 1210. The summed E-state index contributed by atoms with van der Waals surface area (Å²) in [7, 11) is -3.61. The Balaban J connectivity index is 1.40. The maximum absolute atomic E-state index is 13.2. The molecule has 0 saturated carbocycles. The molecule has 3 heterocycles. The van der Waals surface area contributed by atoms with Gasteiger partial charge in [-0.05, 0) is 49.6 Å². The van der Waals surface area contributed by atoms with Gasteiger partial charge in [0, 0.05) is 36.7 Å². The van der Waals surface area contributed by atoms with E-state index < -0.39 is 10.0 Å². The number of amides is 1. The van der Waals surface area contributed by atoms with Gasteiger partial charge in [0.15, 0.2) is 0 Å². The summed E-state index contributed by atoms with van der Waals surface area (Å²) in [6.45, 7) is 2.82. The zero-order valence-electron chi connectivity index (χ0n) is 18.2. The molecule has 11 heteroatoms. The van der Waals surface area contributed by atoms with Crippen LogP contribution in [0.2, 0.25) is 0 Å². The van der Waals surface area contributed by atoms with Crippen molar-refractivity contribution in [2.45, 2.75) is 42.7 Å². The first-order valence-electron chi connectivity index (χ1n) is 10.7. The Kier molecular flexibility index (Phi) is 7.41. The van der Waals surface area contributed by atoms with E-state index in [2.05, 4.69) is 20.5 Å². The lowest BCUT2D eigenvalue weighted by atomic mass is 10.2. The van der Waals surface area contributed by atoms with Crippen molar-refractivity contribution in [2.24, 2.45) is 0 Å². The second-order valence-electron chi connectivity index (χ2n) is 7.74. The highest BCUT2D eigenvalue weighted by Gasteiger charge is 2.27. The average molecular weight is 488 g/mol. The summed E-state index contributed by atoms with van der Waals surface area (Å²) in [5.74, 6) is 0.0907. The molecule has 1 amide bonds. The Morgan fingerprint density at radius 1 is 1.09 bits per heavy atom. The molecule has 2 aromatic heterocycles. The van der Waals surface area contributed by atoms with Crippen LogP contribution in [-0.2, 0) is 14.8 Å². The van der Waals surface area contributed by atoms with Crippen LogP contribution in [0.25, 0.3) is 11.5 Å². The molecule has 0 atom stereocenters. The Labute approximate surface area is 197 Å². The van der Waals surface area contributed by atoms with Gasteiger partial charge in [-0.2, -0.15) is 4.31 Å². The molecule has 0 aliphatic carbocycles. The first-order valence-corrected chi connectivity index (χ1v) is 13.1. The molecule has 174 valence electrons. The van der Waals surface area contributed by atoms with E-state index in [1.807, 2.05) is 0 Å². The van der Waals surface area contributed by atoms with E-state index in [1.54, 1.807) is 47.9 Å². The molecule has 0 spiro atoms. The Hall–Kier alpha value is -2.76. The van der Waals surface area contributed by atoms with Gasteiger partial charge in [-0.1, -0.05) is 30.7 Å². The predicted molar refractivity (Wildman–Crippen MR) is 125 cm³/mol. The highest BCUT2D eigenvalue weighted by Crippen LogP contribution is 2.27. The van der Waals surface area contributed by atoms with Crippen LogP contribution < -0.4 is 5.32 Å². The number of hydrogen-bond acceptors (Lipinski definition) is 8. The normalized spacial score (nSPS) is 15.2. The number of nitrogens with zero attached hydrogens (tertiary/aromatic N) is 4. The number of rotatable bonds is 7. The first-order chi connectivity index (χ1) is 15.9. The molecule has 1 aliphatic rings. The van der Waals surface area contributed by atoms with Gasteiger partial charge in [0.25, 0.3) is 5.22 Å². The average Bonchev–Trinajstić information content (AvgIpc) is 3.11. The predicted octanol–water partition coefficient (Wildman–Crippen LogP) is 3.74. The third-order valence-corrected chi connectivity index (χ3v) is 8.17. The van der Waals surface area contributed by atoms with Gasteiger partial charge < -0.3 is 9.73 Å². The summed E-state index contributed by atoms with van der Waals surface area (Å²) in [4.78, 5) is 16.6. The smallest absolute Gasteiger partial charge is 0.277 e. The lowest BCUT2D eigenvalue weighted by molar-refractivity contribution is -0.113. The number of benzene rings is 1. The monoisotopic (exact) mass is 487 g/mol. The number of nitrogens with one attached hydrogen (secondary N) is 1. The van der Waals surface area contributed by atoms with Crippen molar-refractivity contribution in [3.63, 3.8) is 0 Å². The number of pyridine rings is 1. The summed E-state index contributed by atoms with van der Waals surface area (Å²) >= 11 is 1.11. The van der Waals surface area contributed by atoms with Crippen LogP contribution in [0.5, 0.6) is 0 Å². The fraction of sp³-hybridized carbons (Fsp3) is 0.364. The topological polar surface area (TPSA) is 118 Å². The number of hydrogen-bond donors (Lipinski definition) is 1. The second-order valence-corrected chi connectivity index (χ2v) is 10.6. The van der Waals surface area contributed by atoms with Crippen LogP contribution in [0, 0.1) is 6.92 Å². The number of thioether (sulfide) groups is 1. The number of carbonyl (C=O) groups excluding carboxylic acids is 1. The molecule has 0 unspecified atom stereocenters. The van der Waals surface area contributed by atoms with Crippen LogP contribution >= 0.6 is 11.8 Å². The van der Waals surface area contributed by atoms with Gasteiger partial charge in [-0.25, -0.2) is 8.42 Å². The Morgan fingerprint density at radius 2 is 1.82 bits per heavy atom. The molecule has 0 bridgehead atoms. The molecule has 33 heavy (non-hydrogen) atoms. The highest BCUT2D eigenvalue weighted by molar-refractivity contribution is 7.99. The molecular weight excluding hydrogens is 462 g/mol. The van der Waals surface area contributed by atoms with Crippen molar-refractivity contribution >= 4 is 33.4 Å². The summed E-state index contributed by atoms with van der Waals surface area (Å²) in [5.41, 5.74) is 1.83. The van der Waals surface area contributed by atoms with Crippen molar-refractivity contribution in [3.8, 4) is 11.5 Å². The third kappa shape index (κ3) is 5.79. The maximum atomic E-state index is 13.2. The molecule has 9 nitrogen and oxygen atoms in total. The van der Waals surface area contributed by atoms with Gasteiger partial charge in [0.05, 0.1) is 10.6 Å². The summed E-state index contributed by atoms with van der Waals surface area (Å²) in [6, 6.07) is 8.46. The summed E-state index contributed by atoms with van der Waals surface area (Å²) < 4.78 is 33.5. The van der Waals surface area contributed by atoms with E-state index in [-0.39, 0.29) is 21.8 Å². The van der Waals surface area contributed by atoms with Crippen molar-refractivity contribution in [1.82, 2.24) is 19.5 Å². The molecule has 0 radical (unpaired) electrons. The number of aryl methyl sites for hydroxylation is 1. The zero-order valence-corrected chi connectivity index (χ0v) is 19.9. The quantitative estimate of drug-likeness (QED) is 0.501. The summed E-state index contributed by atoms with van der Waals surface area (Å²) in [5, 5.41) is 11.0. The van der Waals surface area contributed by atoms with E-state index in [0.717, 1.165) is 43.0 Å². The van der Waals surface area contributed by atoms with E-state index >= 15 is 0 Å². The van der Waals surface area contributed by atoms with E-state index in [9.17, 15) is 13.2 Å². The van der Waals surface area contributed by atoms with Gasteiger partial charge in [0.2, 0.25) is 21.8 Å². The SMILES string of the molecule is Cc1ccc(NC(=O)CSc2nnc(-c3ccncc3)o2)cc1S(=O)(=O)N1CCCCCC1. The molecule has 1 aromatic carbocycles. The van der Waals surface area contributed by atoms with Gasteiger partial charge in [-0.3, -0.25) is 9.78 Å². The van der Waals surface area contributed by atoms with E-state index in [0.29, 0.717) is 30.2 Å². The largest absolute Gasteiger partial charge is 0.411 e. The Morgan fingerprint density at radius 3 is 2.55 bits per heavy atom. The summed E-state index contributed by atoms with van der Waals surface area (Å²) in [6.07, 6.45) is 7.08. The van der Waals surface area contributed by atoms with Crippen LogP contribution in [0.4, 0.5) is 5.69 Å². The van der Waals surface area contributed by atoms with E-state index in [1.165, 1.54) is 6.07 Å². The highest BCUT2D eigenvalue weighted by atomic mass is 32.2. The molecule has 1 N–H and O–H groups in total.